The minimum Gasteiger partial charge on any atom is -0.404 e. The SMILES string of the molecule is CNc1cc(Cl)nc(/C(=C\N)C(=O)N[C@H]2CC[C@H]2O)n1. The van der Waals surface area contributed by atoms with Crippen molar-refractivity contribution in [3.05, 3.63) is 23.2 Å². The minimum absolute atomic E-state index is 0.114. The second-order valence-electron chi connectivity index (χ2n) is 4.45. The zero-order valence-corrected chi connectivity index (χ0v) is 11.7. The maximum absolute atomic E-state index is 12.1. The monoisotopic (exact) mass is 297 g/mol. The fourth-order valence-corrected chi connectivity index (χ4v) is 2.00. The molecule has 20 heavy (non-hydrogen) atoms. The molecule has 2 rings (SSSR count). The third kappa shape index (κ3) is 3.00. The van der Waals surface area contributed by atoms with E-state index in [9.17, 15) is 9.90 Å². The largest absolute Gasteiger partial charge is 0.404 e. The third-order valence-corrected chi connectivity index (χ3v) is 3.35. The molecule has 1 aromatic heterocycles. The molecule has 5 N–H and O–H groups in total. The fraction of sp³-hybridized carbons (Fsp3) is 0.417. The summed E-state index contributed by atoms with van der Waals surface area (Å²) in [6, 6.07) is 1.28. The normalized spacial score (nSPS) is 22.1. The van der Waals surface area contributed by atoms with E-state index in [4.69, 9.17) is 17.3 Å². The van der Waals surface area contributed by atoms with Crippen LogP contribution in [0.4, 0.5) is 5.82 Å². The molecule has 0 radical (unpaired) electrons. The highest BCUT2D eigenvalue weighted by Gasteiger charge is 2.31. The molecule has 0 aromatic carbocycles. The molecule has 0 saturated heterocycles. The van der Waals surface area contributed by atoms with Gasteiger partial charge in [-0.1, -0.05) is 11.6 Å². The number of nitrogens with one attached hydrogen (secondary N) is 2. The van der Waals surface area contributed by atoms with Gasteiger partial charge in [-0.05, 0) is 12.8 Å². The van der Waals surface area contributed by atoms with E-state index in [0.717, 1.165) is 12.6 Å². The van der Waals surface area contributed by atoms with Crippen molar-refractivity contribution in [1.82, 2.24) is 15.3 Å². The topological polar surface area (TPSA) is 113 Å². The Morgan fingerprint density at radius 1 is 1.55 bits per heavy atom. The van der Waals surface area contributed by atoms with Crippen LogP contribution < -0.4 is 16.4 Å². The number of nitrogens with two attached hydrogens (primary N) is 1. The predicted molar refractivity (Wildman–Crippen MR) is 75.9 cm³/mol. The molecule has 1 fully saturated rings. The maximum atomic E-state index is 12.1. The van der Waals surface area contributed by atoms with E-state index >= 15 is 0 Å². The molecule has 7 nitrogen and oxygen atoms in total. The first kappa shape index (κ1) is 14.5. The van der Waals surface area contributed by atoms with Crippen LogP contribution in [-0.2, 0) is 4.79 Å². The van der Waals surface area contributed by atoms with Crippen molar-refractivity contribution >= 4 is 28.9 Å². The number of rotatable bonds is 4. The fourth-order valence-electron chi connectivity index (χ4n) is 1.81. The lowest BCUT2D eigenvalue weighted by Crippen LogP contribution is -2.50. The van der Waals surface area contributed by atoms with Crippen LogP contribution in [0.5, 0.6) is 0 Å². The predicted octanol–water partition coefficient (Wildman–Crippen LogP) is 0.111. The standard InChI is InChI=1S/C12H16ClN5O2/c1-15-10-4-9(13)17-11(18-10)6(5-14)12(20)16-7-2-3-8(7)19/h4-5,7-8,19H,2-3,14H2,1H3,(H,16,20)(H,15,17,18)/b6-5+/t7-,8+/m0/s1. The molecular weight excluding hydrogens is 282 g/mol. The molecule has 0 aliphatic heterocycles. The zero-order valence-electron chi connectivity index (χ0n) is 10.9. The van der Waals surface area contributed by atoms with E-state index in [0.29, 0.717) is 12.2 Å². The summed E-state index contributed by atoms with van der Waals surface area (Å²) in [5, 5.41) is 15.2. The van der Waals surface area contributed by atoms with Crippen molar-refractivity contribution in [3.63, 3.8) is 0 Å². The average molecular weight is 298 g/mol. The number of anilines is 1. The maximum Gasteiger partial charge on any atom is 0.256 e. The van der Waals surface area contributed by atoms with Gasteiger partial charge >= 0.3 is 0 Å². The van der Waals surface area contributed by atoms with E-state index < -0.39 is 12.0 Å². The number of carbonyl (C=O) groups excluding carboxylic acids is 1. The van der Waals surface area contributed by atoms with Gasteiger partial charge in [0, 0.05) is 19.3 Å². The van der Waals surface area contributed by atoms with Crippen molar-refractivity contribution in [3.8, 4) is 0 Å². The number of halogens is 1. The highest BCUT2D eigenvalue weighted by molar-refractivity contribution is 6.30. The van der Waals surface area contributed by atoms with Gasteiger partial charge in [-0.25, -0.2) is 9.97 Å². The molecule has 0 bridgehead atoms. The van der Waals surface area contributed by atoms with Crippen molar-refractivity contribution in [1.29, 1.82) is 0 Å². The molecule has 1 heterocycles. The lowest BCUT2D eigenvalue weighted by molar-refractivity contribution is -0.118. The van der Waals surface area contributed by atoms with E-state index in [1.54, 1.807) is 7.05 Å². The van der Waals surface area contributed by atoms with Gasteiger partial charge in [0.2, 0.25) is 0 Å². The molecule has 2 atom stereocenters. The lowest BCUT2D eigenvalue weighted by atomic mass is 9.89. The number of hydrogen-bond acceptors (Lipinski definition) is 6. The van der Waals surface area contributed by atoms with Crippen LogP contribution in [0.1, 0.15) is 18.7 Å². The summed E-state index contributed by atoms with van der Waals surface area (Å²) in [6.07, 6.45) is 2.05. The van der Waals surface area contributed by atoms with Crippen LogP contribution in [-0.4, -0.2) is 40.2 Å². The summed E-state index contributed by atoms with van der Waals surface area (Å²) in [5.74, 6) is 0.187. The van der Waals surface area contributed by atoms with E-state index in [-0.39, 0.29) is 22.6 Å². The van der Waals surface area contributed by atoms with Gasteiger partial charge in [-0.15, -0.1) is 0 Å². The first-order valence-corrected chi connectivity index (χ1v) is 6.56. The molecule has 0 unspecified atom stereocenters. The van der Waals surface area contributed by atoms with Crippen molar-refractivity contribution < 1.29 is 9.90 Å². The number of hydrogen-bond donors (Lipinski definition) is 4. The number of nitrogens with zero attached hydrogens (tertiary/aromatic N) is 2. The van der Waals surface area contributed by atoms with Crippen LogP contribution in [0.2, 0.25) is 5.15 Å². The number of aliphatic hydroxyl groups excluding tert-OH is 1. The molecule has 1 aliphatic rings. The Kier molecular flexibility index (Phi) is 4.41. The zero-order chi connectivity index (χ0) is 14.7. The van der Waals surface area contributed by atoms with Crippen LogP contribution in [0.15, 0.2) is 12.3 Å². The van der Waals surface area contributed by atoms with E-state index in [1.807, 2.05) is 0 Å². The quantitative estimate of drug-likeness (QED) is 0.463. The van der Waals surface area contributed by atoms with Gasteiger partial charge in [-0.3, -0.25) is 4.79 Å². The Morgan fingerprint density at radius 2 is 2.30 bits per heavy atom. The van der Waals surface area contributed by atoms with Crippen molar-refractivity contribution in [2.24, 2.45) is 5.73 Å². The van der Waals surface area contributed by atoms with Gasteiger partial charge in [-0.2, -0.15) is 0 Å². The lowest BCUT2D eigenvalue weighted by Gasteiger charge is -2.33. The van der Waals surface area contributed by atoms with Crippen molar-refractivity contribution in [2.45, 2.75) is 25.0 Å². The van der Waals surface area contributed by atoms with Crippen LogP contribution in [0.25, 0.3) is 5.57 Å². The summed E-state index contributed by atoms with van der Waals surface area (Å²) in [5.41, 5.74) is 5.60. The number of aromatic nitrogens is 2. The summed E-state index contributed by atoms with van der Waals surface area (Å²) >= 11 is 5.87. The summed E-state index contributed by atoms with van der Waals surface area (Å²) in [6.45, 7) is 0. The second-order valence-corrected chi connectivity index (χ2v) is 4.84. The van der Waals surface area contributed by atoms with Gasteiger partial charge in [0.05, 0.1) is 17.7 Å². The first-order valence-electron chi connectivity index (χ1n) is 6.18. The summed E-state index contributed by atoms with van der Waals surface area (Å²) in [4.78, 5) is 20.2. The smallest absolute Gasteiger partial charge is 0.256 e. The summed E-state index contributed by atoms with van der Waals surface area (Å²) < 4.78 is 0. The van der Waals surface area contributed by atoms with Gasteiger partial charge in [0.1, 0.15) is 11.0 Å². The number of carbonyl (C=O) groups is 1. The third-order valence-electron chi connectivity index (χ3n) is 3.16. The van der Waals surface area contributed by atoms with E-state index in [1.165, 1.54) is 6.07 Å². The van der Waals surface area contributed by atoms with Gasteiger partial charge < -0.3 is 21.5 Å². The highest BCUT2D eigenvalue weighted by Crippen LogP contribution is 2.21. The Balaban J connectivity index is 2.19. The minimum atomic E-state index is -0.508. The molecule has 1 amide bonds. The average Bonchev–Trinajstić information content (AvgIpc) is 2.43. The Morgan fingerprint density at radius 3 is 2.80 bits per heavy atom. The molecule has 1 aromatic rings. The molecule has 0 spiro atoms. The highest BCUT2D eigenvalue weighted by atomic mass is 35.5. The Labute approximate surface area is 121 Å². The van der Waals surface area contributed by atoms with Crippen LogP contribution >= 0.6 is 11.6 Å². The summed E-state index contributed by atoms with van der Waals surface area (Å²) in [7, 11) is 1.68. The molecular formula is C12H16ClN5O2. The Hall–Kier alpha value is -1.86. The van der Waals surface area contributed by atoms with Crippen LogP contribution in [0.3, 0.4) is 0 Å². The van der Waals surface area contributed by atoms with Crippen LogP contribution in [0, 0.1) is 0 Å². The molecule has 1 saturated carbocycles. The molecule has 8 heteroatoms. The number of aliphatic hydroxyl groups is 1. The van der Waals surface area contributed by atoms with E-state index in [2.05, 4.69) is 20.6 Å². The first-order chi connectivity index (χ1) is 9.55. The Bertz CT molecular complexity index is 549. The van der Waals surface area contributed by atoms with Gasteiger partial charge in [0.15, 0.2) is 5.82 Å². The second kappa shape index (κ2) is 6.06. The number of amides is 1. The molecule has 108 valence electrons. The van der Waals surface area contributed by atoms with Crippen molar-refractivity contribution in [2.75, 3.05) is 12.4 Å². The molecule has 1 aliphatic carbocycles. The van der Waals surface area contributed by atoms with Gasteiger partial charge in [0.25, 0.3) is 5.91 Å².